The summed E-state index contributed by atoms with van der Waals surface area (Å²) in [4.78, 5) is 16.0. The van der Waals surface area contributed by atoms with E-state index in [1.54, 1.807) is 23.6 Å². The number of halogens is 1. The van der Waals surface area contributed by atoms with Crippen LogP contribution in [0.2, 0.25) is 0 Å². The zero-order valence-electron chi connectivity index (χ0n) is 9.03. The van der Waals surface area contributed by atoms with Crippen LogP contribution in [-0.4, -0.2) is 22.0 Å². The Morgan fingerprint density at radius 3 is 3.06 bits per heavy atom. The van der Waals surface area contributed by atoms with Gasteiger partial charge < -0.3 is 4.74 Å². The van der Waals surface area contributed by atoms with E-state index in [1.807, 2.05) is 13.0 Å². The first-order chi connectivity index (χ1) is 7.63. The third kappa shape index (κ3) is 1.82. The van der Waals surface area contributed by atoms with Gasteiger partial charge in [0.25, 0.3) is 0 Å². The van der Waals surface area contributed by atoms with Gasteiger partial charge in [-0.15, -0.1) is 0 Å². The second kappa shape index (κ2) is 4.25. The monoisotopic (exact) mass is 282 g/mol. The first kappa shape index (κ1) is 11.1. The van der Waals surface area contributed by atoms with Crippen LogP contribution in [0, 0.1) is 6.92 Å². The highest BCUT2D eigenvalue weighted by Crippen LogP contribution is 2.18. The minimum Gasteiger partial charge on any atom is -0.462 e. The Balaban J connectivity index is 2.60. The maximum Gasteiger partial charge on any atom is 0.341 e. The summed E-state index contributed by atoms with van der Waals surface area (Å²) in [6, 6.07) is 3.60. The number of esters is 1. The van der Waals surface area contributed by atoms with Crippen LogP contribution in [0.1, 0.15) is 23.0 Å². The third-order valence-electron chi connectivity index (χ3n) is 2.20. The molecule has 0 fully saturated rings. The highest BCUT2D eigenvalue weighted by atomic mass is 79.9. The van der Waals surface area contributed by atoms with E-state index in [0.717, 1.165) is 10.3 Å². The number of hydrogen-bond acceptors (Lipinski definition) is 3. The summed E-state index contributed by atoms with van der Waals surface area (Å²) in [5, 5.41) is 0. The van der Waals surface area contributed by atoms with Crippen molar-refractivity contribution in [3.05, 3.63) is 34.2 Å². The van der Waals surface area contributed by atoms with Crippen molar-refractivity contribution in [3.63, 3.8) is 0 Å². The summed E-state index contributed by atoms with van der Waals surface area (Å²) in [5.74, 6) is -0.338. The van der Waals surface area contributed by atoms with Gasteiger partial charge in [-0.05, 0) is 41.9 Å². The summed E-state index contributed by atoms with van der Waals surface area (Å²) in [6.45, 7) is 4.03. The highest BCUT2D eigenvalue weighted by molar-refractivity contribution is 9.10. The van der Waals surface area contributed by atoms with Gasteiger partial charge in [0.15, 0.2) is 5.65 Å². The van der Waals surface area contributed by atoms with Crippen molar-refractivity contribution in [2.45, 2.75) is 13.8 Å². The van der Waals surface area contributed by atoms with Crippen molar-refractivity contribution in [1.82, 2.24) is 9.38 Å². The molecule has 0 radical (unpaired) electrons. The van der Waals surface area contributed by atoms with Gasteiger partial charge in [-0.3, -0.25) is 4.40 Å². The number of aromatic nitrogens is 2. The van der Waals surface area contributed by atoms with Gasteiger partial charge in [-0.25, -0.2) is 9.78 Å². The Kier molecular flexibility index (Phi) is 2.96. The molecule has 2 rings (SSSR count). The van der Waals surface area contributed by atoms with Crippen LogP contribution >= 0.6 is 15.9 Å². The van der Waals surface area contributed by atoms with E-state index in [9.17, 15) is 4.79 Å². The SMILES string of the molecule is CCOC(=O)c1ccn2c(Br)cc(C)nc12. The van der Waals surface area contributed by atoms with E-state index in [-0.39, 0.29) is 5.97 Å². The summed E-state index contributed by atoms with van der Waals surface area (Å²) < 4.78 is 7.64. The third-order valence-corrected chi connectivity index (χ3v) is 2.81. The van der Waals surface area contributed by atoms with Crippen LogP contribution in [0.25, 0.3) is 5.65 Å². The molecule has 0 bridgehead atoms. The molecule has 0 saturated heterocycles. The van der Waals surface area contributed by atoms with Gasteiger partial charge in [0, 0.05) is 11.9 Å². The molecule has 2 aromatic rings. The number of nitrogens with zero attached hydrogens (tertiary/aromatic N) is 2. The number of fused-ring (bicyclic) bond motifs is 1. The van der Waals surface area contributed by atoms with Crippen LogP contribution in [0.15, 0.2) is 22.9 Å². The normalized spacial score (nSPS) is 10.7. The number of rotatable bonds is 2. The topological polar surface area (TPSA) is 43.6 Å². The highest BCUT2D eigenvalue weighted by Gasteiger charge is 2.14. The molecule has 0 saturated carbocycles. The van der Waals surface area contributed by atoms with Crippen molar-refractivity contribution in [1.29, 1.82) is 0 Å². The molecule has 0 aliphatic carbocycles. The second-order valence-electron chi connectivity index (χ2n) is 3.36. The summed E-state index contributed by atoms with van der Waals surface area (Å²) in [5.41, 5.74) is 1.96. The first-order valence-corrected chi connectivity index (χ1v) is 5.74. The maximum atomic E-state index is 11.7. The first-order valence-electron chi connectivity index (χ1n) is 4.94. The van der Waals surface area contributed by atoms with Gasteiger partial charge in [0.2, 0.25) is 0 Å². The van der Waals surface area contributed by atoms with Gasteiger partial charge in [-0.1, -0.05) is 0 Å². The molecular formula is C11H11BrN2O2. The van der Waals surface area contributed by atoms with Crippen molar-refractivity contribution in [2.24, 2.45) is 0 Å². The molecule has 0 aliphatic rings. The van der Waals surface area contributed by atoms with Crippen LogP contribution in [0.5, 0.6) is 0 Å². The average molecular weight is 283 g/mol. The molecule has 5 heteroatoms. The predicted octanol–water partition coefficient (Wildman–Crippen LogP) is 2.58. The Hall–Kier alpha value is -1.36. The van der Waals surface area contributed by atoms with E-state index in [4.69, 9.17) is 4.74 Å². The van der Waals surface area contributed by atoms with Crippen LogP contribution in [0.3, 0.4) is 0 Å². The maximum absolute atomic E-state index is 11.7. The minimum absolute atomic E-state index is 0.338. The molecule has 0 aliphatic heterocycles. The van der Waals surface area contributed by atoms with Gasteiger partial charge in [-0.2, -0.15) is 0 Å². The lowest BCUT2D eigenvalue weighted by atomic mass is 10.3. The van der Waals surface area contributed by atoms with Crippen molar-refractivity contribution < 1.29 is 9.53 Å². The van der Waals surface area contributed by atoms with E-state index in [2.05, 4.69) is 20.9 Å². The van der Waals surface area contributed by atoms with E-state index in [0.29, 0.717) is 17.8 Å². The van der Waals surface area contributed by atoms with E-state index in [1.165, 1.54) is 0 Å². The number of ether oxygens (including phenoxy) is 1. The zero-order valence-corrected chi connectivity index (χ0v) is 10.6. The van der Waals surface area contributed by atoms with Crippen molar-refractivity contribution in [2.75, 3.05) is 6.61 Å². The largest absolute Gasteiger partial charge is 0.462 e. The van der Waals surface area contributed by atoms with Gasteiger partial charge in [0.05, 0.1) is 11.2 Å². The standard InChI is InChI=1S/C11H11BrN2O2/c1-3-16-11(15)8-4-5-14-9(12)6-7(2)13-10(8)14/h4-6H,3H2,1-2H3. The smallest absolute Gasteiger partial charge is 0.341 e. The molecule has 0 unspecified atom stereocenters. The van der Waals surface area contributed by atoms with Crippen LogP contribution in [0.4, 0.5) is 0 Å². The number of carbonyl (C=O) groups excluding carboxylic acids is 1. The molecule has 2 aromatic heterocycles. The molecule has 16 heavy (non-hydrogen) atoms. The van der Waals surface area contributed by atoms with E-state index < -0.39 is 0 Å². The summed E-state index contributed by atoms with van der Waals surface area (Å²) in [7, 11) is 0. The molecule has 84 valence electrons. The lowest BCUT2D eigenvalue weighted by Crippen LogP contribution is -2.05. The Morgan fingerprint density at radius 2 is 2.38 bits per heavy atom. The zero-order chi connectivity index (χ0) is 11.7. The van der Waals surface area contributed by atoms with Crippen LogP contribution in [-0.2, 0) is 4.74 Å². The number of hydrogen-bond donors (Lipinski definition) is 0. The Morgan fingerprint density at radius 1 is 1.62 bits per heavy atom. The molecular weight excluding hydrogens is 272 g/mol. The fourth-order valence-electron chi connectivity index (χ4n) is 1.52. The Labute approximate surface area is 101 Å². The lowest BCUT2D eigenvalue weighted by Gasteiger charge is -2.03. The Bertz CT molecular complexity index is 548. The van der Waals surface area contributed by atoms with E-state index >= 15 is 0 Å². The van der Waals surface area contributed by atoms with Crippen molar-refractivity contribution in [3.8, 4) is 0 Å². The fourth-order valence-corrected chi connectivity index (χ4v) is 2.14. The molecule has 0 atom stereocenters. The number of carbonyl (C=O) groups is 1. The molecule has 0 N–H and O–H groups in total. The summed E-state index contributed by atoms with van der Waals surface area (Å²) >= 11 is 3.42. The average Bonchev–Trinajstić information content (AvgIpc) is 2.61. The summed E-state index contributed by atoms with van der Waals surface area (Å²) in [6.07, 6.45) is 1.79. The fraction of sp³-hybridized carbons (Fsp3) is 0.273. The lowest BCUT2D eigenvalue weighted by molar-refractivity contribution is 0.0528. The van der Waals surface area contributed by atoms with Crippen molar-refractivity contribution >= 4 is 27.5 Å². The second-order valence-corrected chi connectivity index (χ2v) is 4.18. The quantitative estimate of drug-likeness (QED) is 0.628. The predicted molar refractivity (Wildman–Crippen MR) is 63.6 cm³/mol. The van der Waals surface area contributed by atoms with Gasteiger partial charge >= 0.3 is 5.97 Å². The molecule has 4 nitrogen and oxygen atoms in total. The number of aryl methyl sites for hydroxylation is 1. The molecule has 2 heterocycles. The minimum atomic E-state index is -0.338. The van der Waals surface area contributed by atoms with Crippen LogP contribution < -0.4 is 0 Å². The molecule has 0 aromatic carbocycles. The van der Waals surface area contributed by atoms with Gasteiger partial charge in [0.1, 0.15) is 5.56 Å². The molecule has 0 amide bonds. The molecule has 0 spiro atoms.